The SMILES string of the molecule is O=C(c1cc(Cl)cc(C(F)(F)F)c1F)C(F)F. The molecule has 1 aromatic carbocycles. The molecule has 1 nitrogen and oxygen atoms in total. The van der Waals surface area contributed by atoms with Crippen molar-refractivity contribution < 1.29 is 31.1 Å². The number of rotatable bonds is 2. The lowest BCUT2D eigenvalue weighted by atomic mass is 10.1. The smallest absolute Gasteiger partial charge is 0.288 e. The van der Waals surface area contributed by atoms with E-state index in [2.05, 4.69) is 0 Å². The van der Waals surface area contributed by atoms with Crippen LogP contribution in [0, 0.1) is 5.82 Å². The van der Waals surface area contributed by atoms with Gasteiger partial charge >= 0.3 is 12.6 Å². The Morgan fingerprint density at radius 3 is 2.18 bits per heavy atom. The molecule has 8 heteroatoms. The van der Waals surface area contributed by atoms with Crippen molar-refractivity contribution in [2.24, 2.45) is 0 Å². The molecule has 0 aliphatic carbocycles. The lowest BCUT2D eigenvalue weighted by molar-refractivity contribution is -0.140. The molecular formula is C9H3ClF6O. The van der Waals surface area contributed by atoms with E-state index < -0.39 is 40.4 Å². The summed E-state index contributed by atoms with van der Waals surface area (Å²) in [6.07, 6.45) is -8.73. The number of halogens is 7. The summed E-state index contributed by atoms with van der Waals surface area (Å²) in [6.45, 7) is 0. The van der Waals surface area contributed by atoms with Crippen molar-refractivity contribution in [1.82, 2.24) is 0 Å². The van der Waals surface area contributed by atoms with Crippen LogP contribution in [0.3, 0.4) is 0 Å². The van der Waals surface area contributed by atoms with Crippen molar-refractivity contribution in [2.45, 2.75) is 12.6 Å². The van der Waals surface area contributed by atoms with E-state index >= 15 is 0 Å². The monoisotopic (exact) mass is 276 g/mol. The summed E-state index contributed by atoms with van der Waals surface area (Å²) >= 11 is 5.21. The van der Waals surface area contributed by atoms with Crippen LogP contribution in [-0.2, 0) is 6.18 Å². The van der Waals surface area contributed by atoms with Crippen LogP contribution >= 0.6 is 11.6 Å². The van der Waals surface area contributed by atoms with Crippen LogP contribution in [-0.4, -0.2) is 12.2 Å². The molecule has 0 spiro atoms. The zero-order valence-electron chi connectivity index (χ0n) is 7.79. The molecule has 0 atom stereocenters. The van der Waals surface area contributed by atoms with Gasteiger partial charge in [-0.3, -0.25) is 4.79 Å². The molecule has 0 bridgehead atoms. The van der Waals surface area contributed by atoms with E-state index in [-0.39, 0.29) is 6.07 Å². The maximum atomic E-state index is 13.2. The molecular weight excluding hydrogens is 274 g/mol. The molecule has 0 saturated carbocycles. The van der Waals surface area contributed by atoms with Gasteiger partial charge in [0.1, 0.15) is 5.82 Å². The summed E-state index contributed by atoms with van der Waals surface area (Å²) in [5.74, 6) is -4.09. The average Bonchev–Trinajstić information content (AvgIpc) is 2.18. The highest BCUT2D eigenvalue weighted by atomic mass is 35.5. The van der Waals surface area contributed by atoms with E-state index in [1.54, 1.807) is 0 Å². The Kier molecular flexibility index (Phi) is 3.71. The molecule has 0 aromatic heterocycles. The second-order valence-corrected chi connectivity index (χ2v) is 3.41. The highest BCUT2D eigenvalue weighted by Crippen LogP contribution is 2.35. The fourth-order valence-corrected chi connectivity index (χ4v) is 1.31. The zero-order valence-corrected chi connectivity index (χ0v) is 8.54. The van der Waals surface area contributed by atoms with Gasteiger partial charge in [-0.15, -0.1) is 0 Å². The minimum absolute atomic E-state index is 0.221. The van der Waals surface area contributed by atoms with Crippen LogP contribution in [0.5, 0.6) is 0 Å². The Morgan fingerprint density at radius 1 is 1.24 bits per heavy atom. The molecule has 17 heavy (non-hydrogen) atoms. The zero-order chi connectivity index (χ0) is 13.4. The normalized spacial score (nSPS) is 12.0. The van der Waals surface area contributed by atoms with E-state index in [4.69, 9.17) is 11.6 Å². The van der Waals surface area contributed by atoms with E-state index in [0.29, 0.717) is 6.07 Å². The largest absolute Gasteiger partial charge is 0.419 e. The van der Waals surface area contributed by atoms with Crippen molar-refractivity contribution in [3.05, 3.63) is 34.1 Å². The Balaban J connectivity index is 3.44. The summed E-state index contributed by atoms with van der Waals surface area (Å²) in [5, 5.41) is -0.650. The van der Waals surface area contributed by atoms with Crippen LogP contribution in [0.25, 0.3) is 0 Å². The molecule has 0 N–H and O–H groups in total. The number of Topliss-reactive ketones (excluding diaryl/α,β-unsaturated/α-hetero) is 1. The van der Waals surface area contributed by atoms with Crippen molar-refractivity contribution in [3.63, 3.8) is 0 Å². The summed E-state index contributed by atoms with van der Waals surface area (Å²) in [6, 6.07) is 0.653. The average molecular weight is 277 g/mol. The molecule has 0 amide bonds. The van der Waals surface area contributed by atoms with Crippen LogP contribution in [0.15, 0.2) is 12.1 Å². The maximum Gasteiger partial charge on any atom is 0.419 e. The summed E-state index contributed by atoms with van der Waals surface area (Å²) < 4.78 is 74.1. The number of carbonyl (C=O) groups is 1. The predicted molar refractivity (Wildman–Crippen MR) is 46.7 cm³/mol. The number of benzene rings is 1. The Bertz CT molecular complexity index is 454. The first-order valence-corrected chi connectivity index (χ1v) is 4.41. The molecule has 0 aliphatic rings. The van der Waals surface area contributed by atoms with Gasteiger partial charge in [-0.1, -0.05) is 11.6 Å². The van der Waals surface area contributed by atoms with Gasteiger partial charge in [0.05, 0.1) is 11.1 Å². The van der Waals surface area contributed by atoms with Crippen molar-refractivity contribution >= 4 is 17.4 Å². The first-order valence-electron chi connectivity index (χ1n) is 4.03. The molecule has 1 aromatic rings. The molecule has 0 aliphatic heterocycles. The minimum atomic E-state index is -5.12. The van der Waals surface area contributed by atoms with E-state index in [1.165, 1.54) is 0 Å². The minimum Gasteiger partial charge on any atom is -0.288 e. The van der Waals surface area contributed by atoms with Gasteiger partial charge in [0.15, 0.2) is 0 Å². The van der Waals surface area contributed by atoms with Gasteiger partial charge < -0.3 is 0 Å². The number of alkyl halides is 5. The van der Waals surface area contributed by atoms with E-state index in [1.807, 2.05) is 0 Å². The number of hydrogen-bond acceptors (Lipinski definition) is 1. The van der Waals surface area contributed by atoms with Gasteiger partial charge in [0, 0.05) is 5.02 Å². The van der Waals surface area contributed by atoms with Crippen molar-refractivity contribution in [1.29, 1.82) is 0 Å². The lowest BCUT2D eigenvalue weighted by Gasteiger charge is -2.11. The first-order chi connectivity index (χ1) is 7.64. The third kappa shape index (κ3) is 2.91. The third-order valence-electron chi connectivity index (χ3n) is 1.81. The highest BCUT2D eigenvalue weighted by molar-refractivity contribution is 6.31. The standard InChI is InChI=1S/C9H3ClF6O/c10-3-1-4(7(17)8(12)13)6(11)5(2-3)9(14,15)16/h1-2,8H. The molecule has 0 saturated heterocycles. The van der Waals surface area contributed by atoms with Crippen LogP contribution in [0.2, 0.25) is 5.02 Å². The van der Waals surface area contributed by atoms with Crippen molar-refractivity contribution in [3.8, 4) is 0 Å². The summed E-state index contributed by atoms with van der Waals surface area (Å²) in [4.78, 5) is 10.8. The fraction of sp³-hybridized carbons (Fsp3) is 0.222. The topological polar surface area (TPSA) is 17.1 Å². The molecule has 0 radical (unpaired) electrons. The quantitative estimate of drug-likeness (QED) is 0.590. The first kappa shape index (κ1) is 13.8. The van der Waals surface area contributed by atoms with Gasteiger partial charge in [0.25, 0.3) is 0 Å². The molecule has 0 unspecified atom stereocenters. The molecule has 94 valence electrons. The summed E-state index contributed by atoms with van der Waals surface area (Å²) in [5.41, 5.74) is -3.23. The molecule has 0 heterocycles. The maximum absolute atomic E-state index is 13.2. The third-order valence-corrected chi connectivity index (χ3v) is 2.02. The van der Waals surface area contributed by atoms with Crippen molar-refractivity contribution in [2.75, 3.05) is 0 Å². The fourth-order valence-electron chi connectivity index (χ4n) is 1.09. The summed E-state index contributed by atoms with van der Waals surface area (Å²) in [7, 11) is 0. The second kappa shape index (κ2) is 4.56. The Morgan fingerprint density at radius 2 is 1.76 bits per heavy atom. The van der Waals surface area contributed by atoms with Crippen LogP contribution in [0.1, 0.15) is 15.9 Å². The van der Waals surface area contributed by atoms with Crippen LogP contribution in [0.4, 0.5) is 26.3 Å². The van der Waals surface area contributed by atoms with E-state index in [0.717, 1.165) is 0 Å². The van der Waals surface area contributed by atoms with Gasteiger partial charge in [-0.05, 0) is 12.1 Å². The molecule has 0 fully saturated rings. The highest BCUT2D eigenvalue weighted by Gasteiger charge is 2.37. The lowest BCUT2D eigenvalue weighted by Crippen LogP contribution is -2.17. The Hall–Kier alpha value is -1.24. The van der Waals surface area contributed by atoms with Gasteiger partial charge in [-0.2, -0.15) is 13.2 Å². The predicted octanol–water partition coefficient (Wildman–Crippen LogP) is 3.95. The number of ketones is 1. The van der Waals surface area contributed by atoms with Gasteiger partial charge in [-0.25, -0.2) is 13.2 Å². The van der Waals surface area contributed by atoms with E-state index in [9.17, 15) is 31.1 Å². The number of hydrogen-bond donors (Lipinski definition) is 0. The molecule has 1 rings (SSSR count). The number of carbonyl (C=O) groups excluding carboxylic acids is 1. The van der Waals surface area contributed by atoms with Gasteiger partial charge in [0.2, 0.25) is 5.78 Å². The van der Waals surface area contributed by atoms with Crippen LogP contribution < -0.4 is 0 Å². The Labute approximate surface area is 96.0 Å². The second-order valence-electron chi connectivity index (χ2n) is 2.98.